The van der Waals surface area contributed by atoms with Gasteiger partial charge in [0.25, 0.3) is 0 Å². The molecule has 0 aliphatic rings. The molecule has 0 aliphatic carbocycles. The van der Waals surface area contributed by atoms with Crippen molar-refractivity contribution in [3.63, 3.8) is 0 Å². The summed E-state index contributed by atoms with van der Waals surface area (Å²) in [6, 6.07) is 12.5. The number of nitrogens with one attached hydrogen (secondary N) is 1. The van der Waals surface area contributed by atoms with E-state index in [0.717, 1.165) is 25.1 Å². The zero-order valence-electron chi connectivity index (χ0n) is 12.1. The van der Waals surface area contributed by atoms with Crippen molar-refractivity contribution in [1.82, 2.24) is 9.88 Å². The lowest BCUT2D eigenvalue weighted by atomic mass is 10.1. The highest BCUT2D eigenvalue weighted by Crippen LogP contribution is 2.14. The summed E-state index contributed by atoms with van der Waals surface area (Å²) < 4.78 is 2.16. The third-order valence-corrected chi connectivity index (χ3v) is 3.40. The number of nitriles is 1. The van der Waals surface area contributed by atoms with Crippen molar-refractivity contribution in [1.29, 1.82) is 5.26 Å². The summed E-state index contributed by atoms with van der Waals surface area (Å²) in [5.41, 5.74) is 3.17. The van der Waals surface area contributed by atoms with E-state index in [0.29, 0.717) is 11.6 Å². The summed E-state index contributed by atoms with van der Waals surface area (Å²) in [4.78, 5) is 0. The summed E-state index contributed by atoms with van der Waals surface area (Å²) >= 11 is 0. The van der Waals surface area contributed by atoms with E-state index in [9.17, 15) is 0 Å². The molecule has 0 spiro atoms. The zero-order chi connectivity index (χ0) is 14.4. The molecule has 1 N–H and O–H groups in total. The normalized spacial score (nSPS) is 12.1. The molecule has 3 nitrogen and oxygen atoms in total. The lowest BCUT2D eigenvalue weighted by Crippen LogP contribution is -2.18. The zero-order valence-corrected chi connectivity index (χ0v) is 12.1. The van der Waals surface area contributed by atoms with Gasteiger partial charge in [0.2, 0.25) is 0 Å². The van der Waals surface area contributed by atoms with E-state index in [4.69, 9.17) is 5.26 Å². The predicted octanol–water partition coefficient (Wildman–Crippen LogP) is 3.47. The fourth-order valence-corrected chi connectivity index (χ4v) is 2.24. The van der Waals surface area contributed by atoms with Crippen molar-refractivity contribution in [2.45, 2.75) is 32.9 Å². The standard InChI is InChI=1S/C17H21N3/c1-3-8-19-14(2)17-7-9-20(13-17)12-16-6-4-5-15(10-16)11-18/h4-7,9-10,13-14,19H,3,8,12H2,1-2H3. The van der Waals surface area contributed by atoms with Crippen LogP contribution in [0.15, 0.2) is 42.7 Å². The van der Waals surface area contributed by atoms with Gasteiger partial charge in [0.15, 0.2) is 0 Å². The minimum Gasteiger partial charge on any atom is -0.350 e. The van der Waals surface area contributed by atoms with Crippen LogP contribution in [0.5, 0.6) is 0 Å². The second-order valence-corrected chi connectivity index (χ2v) is 5.11. The molecule has 1 heterocycles. The van der Waals surface area contributed by atoms with Crippen LogP contribution in [-0.2, 0) is 6.54 Å². The summed E-state index contributed by atoms with van der Waals surface area (Å²) in [5.74, 6) is 0. The molecule has 104 valence electrons. The maximum absolute atomic E-state index is 8.92. The van der Waals surface area contributed by atoms with Crippen molar-refractivity contribution in [2.75, 3.05) is 6.54 Å². The third kappa shape index (κ3) is 3.72. The van der Waals surface area contributed by atoms with Crippen LogP contribution in [0.25, 0.3) is 0 Å². The van der Waals surface area contributed by atoms with Crippen molar-refractivity contribution in [3.05, 3.63) is 59.4 Å². The van der Waals surface area contributed by atoms with Crippen LogP contribution in [0.1, 0.15) is 43.0 Å². The maximum atomic E-state index is 8.92. The first-order valence-corrected chi connectivity index (χ1v) is 7.11. The van der Waals surface area contributed by atoms with Crippen LogP contribution in [0.3, 0.4) is 0 Å². The molecule has 0 bridgehead atoms. The van der Waals surface area contributed by atoms with Crippen LogP contribution in [0, 0.1) is 11.3 Å². The molecule has 1 aromatic heterocycles. The van der Waals surface area contributed by atoms with E-state index in [1.54, 1.807) is 0 Å². The average molecular weight is 267 g/mol. The molecule has 0 radical (unpaired) electrons. The molecular formula is C17H21N3. The first kappa shape index (κ1) is 14.4. The lowest BCUT2D eigenvalue weighted by molar-refractivity contribution is 0.569. The van der Waals surface area contributed by atoms with E-state index in [-0.39, 0.29) is 0 Å². The molecule has 2 aromatic rings. The van der Waals surface area contributed by atoms with Crippen LogP contribution < -0.4 is 5.32 Å². The molecule has 0 aliphatic heterocycles. The first-order valence-electron chi connectivity index (χ1n) is 7.11. The number of hydrogen-bond acceptors (Lipinski definition) is 2. The van der Waals surface area contributed by atoms with E-state index in [1.165, 1.54) is 5.56 Å². The number of nitrogens with zero attached hydrogens (tertiary/aromatic N) is 2. The molecule has 1 atom stereocenters. The highest BCUT2D eigenvalue weighted by Gasteiger charge is 2.06. The minimum atomic E-state index is 0.377. The maximum Gasteiger partial charge on any atom is 0.0991 e. The Kier molecular flexibility index (Phi) is 4.97. The van der Waals surface area contributed by atoms with Gasteiger partial charge in [-0.25, -0.2) is 0 Å². The van der Waals surface area contributed by atoms with E-state index in [1.807, 2.05) is 18.2 Å². The van der Waals surface area contributed by atoms with Gasteiger partial charge in [-0.1, -0.05) is 19.1 Å². The first-order chi connectivity index (χ1) is 9.72. The van der Waals surface area contributed by atoms with Gasteiger partial charge in [0.05, 0.1) is 11.6 Å². The summed E-state index contributed by atoms with van der Waals surface area (Å²) in [6.07, 6.45) is 5.41. The Balaban J connectivity index is 2.04. The fraction of sp³-hybridized carbons (Fsp3) is 0.353. The van der Waals surface area contributed by atoms with Crippen LogP contribution in [-0.4, -0.2) is 11.1 Å². The number of hydrogen-bond donors (Lipinski definition) is 1. The van der Waals surface area contributed by atoms with Gasteiger partial charge in [-0.2, -0.15) is 5.26 Å². The molecule has 2 rings (SSSR count). The summed E-state index contributed by atoms with van der Waals surface area (Å²) in [5, 5.41) is 12.4. The quantitative estimate of drug-likeness (QED) is 0.870. The summed E-state index contributed by atoms with van der Waals surface area (Å²) in [6.45, 7) is 6.20. The van der Waals surface area contributed by atoms with Gasteiger partial charge >= 0.3 is 0 Å². The Hall–Kier alpha value is -2.05. The van der Waals surface area contributed by atoms with Crippen LogP contribution in [0.2, 0.25) is 0 Å². The molecule has 1 unspecified atom stereocenters. The number of aromatic nitrogens is 1. The van der Waals surface area contributed by atoms with Crippen molar-refractivity contribution in [3.8, 4) is 6.07 Å². The topological polar surface area (TPSA) is 40.8 Å². The lowest BCUT2D eigenvalue weighted by Gasteiger charge is -2.11. The fourth-order valence-electron chi connectivity index (χ4n) is 2.24. The molecular weight excluding hydrogens is 246 g/mol. The van der Waals surface area contributed by atoms with Gasteiger partial charge in [-0.3, -0.25) is 0 Å². The number of benzene rings is 1. The third-order valence-electron chi connectivity index (χ3n) is 3.40. The smallest absolute Gasteiger partial charge is 0.0991 e. The van der Waals surface area contributed by atoms with Crippen molar-refractivity contribution < 1.29 is 0 Å². The molecule has 0 saturated carbocycles. The number of rotatable bonds is 6. The monoisotopic (exact) mass is 267 g/mol. The molecule has 3 heteroatoms. The molecule has 1 aromatic carbocycles. The highest BCUT2D eigenvalue weighted by molar-refractivity contribution is 5.33. The average Bonchev–Trinajstić information content (AvgIpc) is 2.93. The van der Waals surface area contributed by atoms with Gasteiger partial charge in [0.1, 0.15) is 0 Å². The Morgan fingerprint density at radius 3 is 2.95 bits per heavy atom. The van der Waals surface area contributed by atoms with E-state index < -0.39 is 0 Å². The molecule has 0 amide bonds. The largest absolute Gasteiger partial charge is 0.350 e. The second kappa shape index (κ2) is 6.93. The van der Waals surface area contributed by atoms with Crippen molar-refractivity contribution in [2.24, 2.45) is 0 Å². The highest BCUT2D eigenvalue weighted by atomic mass is 15.0. The van der Waals surface area contributed by atoms with Crippen LogP contribution >= 0.6 is 0 Å². The van der Waals surface area contributed by atoms with Gasteiger partial charge in [0, 0.05) is 25.0 Å². The van der Waals surface area contributed by atoms with Gasteiger partial charge in [-0.15, -0.1) is 0 Å². The Labute approximate surface area is 120 Å². The Morgan fingerprint density at radius 1 is 1.35 bits per heavy atom. The summed E-state index contributed by atoms with van der Waals surface area (Å²) in [7, 11) is 0. The predicted molar refractivity (Wildman–Crippen MR) is 81.4 cm³/mol. The second-order valence-electron chi connectivity index (χ2n) is 5.11. The minimum absolute atomic E-state index is 0.377. The van der Waals surface area contributed by atoms with Crippen molar-refractivity contribution >= 4 is 0 Å². The molecule has 0 saturated heterocycles. The van der Waals surface area contributed by atoms with E-state index in [2.05, 4.69) is 54.3 Å². The van der Waals surface area contributed by atoms with Gasteiger partial charge < -0.3 is 9.88 Å². The molecule has 0 fully saturated rings. The Bertz CT molecular complexity index is 592. The Morgan fingerprint density at radius 2 is 2.20 bits per heavy atom. The van der Waals surface area contributed by atoms with E-state index >= 15 is 0 Å². The van der Waals surface area contributed by atoms with Gasteiger partial charge in [-0.05, 0) is 49.2 Å². The molecule has 20 heavy (non-hydrogen) atoms. The van der Waals surface area contributed by atoms with Crippen LogP contribution in [0.4, 0.5) is 0 Å². The SMILES string of the molecule is CCCNC(C)c1ccn(Cc2cccc(C#N)c2)c1.